The summed E-state index contributed by atoms with van der Waals surface area (Å²) in [5, 5.41) is 49.8. The highest BCUT2D eigenvalue weighted by Gasteiger charge is 2.47. The summed E-state index contributed by atoms with van der Waals surface area (Å²) in [7, 11) is 0. The Balaban J connectivity index is 0.932. The van der Waals surface area contributed by atoms with Gasteiger partial charge in [-0.15, -0.1) is 0 Å². The molecule has 7 N–H and O–H groups in total. The Morgan fingerprint density at radius 3 is 1.98 bits per heavy atom. The number of carboxylic acids is 3. The lowest BCUT2D eigenvalue weighted by atomic mass is 9.92. The number of carbonyl (C=O) groups is 9. The first-order valence-corrected chi connectivity index (χ1v) is 33.4. The van der Waals surface area contributed by atoms with Crippen molar-refractivity contribution in [3.63, 3.8) is 0 Å². The maximum Gasteiger partial charge on any atom is 0.317 e. The number of nitrogens with zero attached hydrogens (tertiary/aromatic N) is 9. The van der Waals surface area contributed by atoms with Crippen molar-refractivity contribution in [2.75, 3.05) is 124 Å². The number of hydrogen-bond donors (Lipinski definition) is 7. The van der Waals surface area contributed by atoms with Crippen molar-refractivity contribution >= 4 is 92.7 Å². The van der Waals surface area contributed by atoms with Crippen LogP contribution in [0.3, 0.4) is 0 Å². The average Bonchev–Trinajstić information content (AvgIpc) is 1.02. The number of piperidine rings is 1. The van der Waals surface area contributed by atoms with Crippen LogP contribution in [0.1, 0.15) is 113 Å². The lowest BCUT2D eigenvalue weighted by Crippen LogP contribution is -2.52. The molecule has 0 unspecified atom stereocenters. The molecule has 0 aliphatic carbocycles. The summed E-state index contributed by atoms with van der Waals surface area (Å²) in [4.78, 5) is 133. The van der Waals surface area contributed by atoms with E-state index in [0.717, 1.165) is 46.1 Å². The minimum atomic E-state index is -3.18. The first kappa shape index (κ1) is 75.5. The van der Waals surface area contributed by atoms with E-state index in [-0.39, 0.29) is 108 Å². The maximum atomic E-state index is 13.9. The minimum absolute atomic E-state index is 0.0716. The zero-order valence-corrected chi connectivity index (χ0v) is 55.7. The number of fused-ring (bicyclic) bond motifs is 1. The Hall–Kier alpha value is -7.53. The van der Waals surface area contributed by atoms with Gasteiger partial charge in [0.25, 0.3) is 11.8 Å². The molecule has 0 radical (unpaired) electrons. The molecule has 3 aromatic rings. The van der Waals surface area contributed by atoms with Gasteiger partial charge in [0, 0.05) is 113 Å². The standard InChI is InChI=1S/C65H90F2IN13O13/c1-46(74-56(82)12-7-9-47-14-16-49(68)17-15-47)70-23-6-4-11-55(75-57(83)41-76-28-30-77(42-60(86)87)32-34-79(44-62(90)91)35-33-78(31-29-76)43-61(88)89)64(93)72-24-5-2-3-13-58(84)80-26-21-48(22-27-80)10-8-36-94-51-18-19-54-53(37-51)52(20-25-71-54)63(92)73-40-59(85)81-45-65(66,67)38-50(81)39-69/h14-20,25,37,48,50,55H,2-13,21-24,26-36,38,40-45H2,1H3,(H,72,93)(H,73,92)(H,75,83)(H,86,87)(H,88,89)(H,90,91)(H,70,74,82)/t50-,55+/m1/s1. The van der Waals surface area contributed by atoms with Crippen molar-refractivity contribution in [2.45, 2.75) is 121 Å². The number of aliphatic imine (C=N–C) groups is 1. The van der Waals surface area contributed by atoms with Crippen molar-refractivity contribution in [1.29, 1.82) is 5.26 Å². The summed E-state index contributed by atoms with van der Waals surface area (Å²) in [5.74, 6) is -7.31. The second-order valence-corrected chi connectivity index (χ2v) is 25.5. The highest BCUT2D eigenvalue weighted by Crippen LogP contribution is 2.32. The molecule has 26 nitrogen and oxygen atoms in total. The number of carboxylic acid groups (broad SMARTS) is 3. The van der Waals surface area contributed by atoms with Crippen molar-refractivity contribution in [2.24, 2.45) is 10.9 Å². The molecule has 3 fully saturated rings. The molecule has 29 heteroatoms. The molecule has 2 atom stereocenters. The Kier molecular flexibility index (Phi) is 31.6. The summed E-state index contributed by atoms with van der Waals surface area (Å²) in [5.41, 5.74) is 1.88. The van der Waals surface area contributed by atoms with Crippen LogP contribution in [0, 0.1) is 20.8 Å². The van der Waals surface area contributed by atoms with Crippen LogP contribution in [0.2, 0.25) is 0 Å². The molecule has 3 saturated heterocycles. The van der Waals surface area contributed by atoms with Gasteiger partial charge in [0.05, 0.1) is 68.9 Å². The first-order chi connectivity index (χ1) is 45.0. The van der Waals surface area contributed by atoms with Gasteiger partial charge in [-0.1, -0.05) is 18.6 Å². The number of aromatic nitrogens is 1. The van der Waals surface area contributed by atoms with Gasteiger partial charge in [-0.3, -0.25) is 72.7 Å². The number of carbonyl (C=O) groups excluding carboxylic acids is 6. The van der Waals surface area contributed by atoms with E-state index in [1.54, 1.807) is 50.8 Å². The normalized spacial score (nSPS) is 17.6. The molecule has 4 heterocycles. The molecule has 514 valence electrons. The summed E-state index contributed by atoms with van der Waals surface area (Å²) >= 11 is 2.25. The molecule has 2 aromatic carbocycles. The van der Waals surface area contributed by atoms with Gasteiger partial charge in [0.2, 0.25) is 29.5 Å². The van der Waals surface area contributed by atoms with Crippen LogP contribution in [-0.2, 0) is 44.8 Å². The maximum absolute atomic E-state index is 13.9. The van der Waals surface area contributed by atoms with Crippen LogP contribution in [-0.4, -0.2) is 251 Å². The number of ether oxygens (including phenoxy) is 1. The first-order valence-electron chi connectivity index (χ1n) is 32.3. The number of halogens is 3. The number of unbranched alkanes of at least 4 members (excludes halogenated alkanes) is 3. The third-order valence-corrected chi connectivity index (χ3v) is 17.6. The summed E-state index contributed by atoms with van der Waals surface area (Å²) in [6.45, 7) is 3.26. The van der Waals surface area contributed by atoms with Crippen LogP contribution in [0.15, 0.2) is 59.7 Å². The molecule has 6 amide bonds. The number of rotatable bonds is 33. The molecule has 6 rings (SSSR count). The Bertz CT molecular complexity index is 3080. The molecule has 94 heavy (non-hydrogen) atoms. The predicted molar refractivity (Wildman–Crippen MR) is 353 cm³/mol. The van der Waals surface area contributed by atoms with Crippen LogP contribution in [0.5, 0.6) is 5.75 Å². The van der Waals surface area contributed by atoms with Gasteiger partial charge in [0.15, 0.2) is 0 Å². The summed E-state index contributed by atoms with van der Waals surface area (Å²) in [6, 6.07) is 14.3. The number of nitrogens with one attached hydrogen (secondary N) is 4. The highest BCUT2D eigenvalue weighted by molar-refractivity contribution is 14.1. The van der Waals surface area contributed by atoms with E-state index in [4.69, 9.17) is 4.74 Å². The lowest BCUT2D eigenvalue weighted by Gasteiger charge is -2.33. The monoisotopic (exact) mass is 1430 g/mol. The van der Waals surface area contributed by atoms with Crippen LogP contribution >= 0.6 is 22.6 Å². The van der Waals surface area contributed by atoms with E-state index in [1.807, 2.05) is 17.0 Å². The number of alkyl halides is 2. The van der Waals surface area contributed by atoms with Crippen LogP contribution < -0.4 is 26.0 Å². The number of nitriles is 1. The number of amidine groups is 1. The Labute approximate surface area is 560 Å². The second kappa shape index (κ2) is 39.4. The highest BCUT2D eigenvalue weighted by atomic mass is 127. The summed E-state index contributed by atoms with van der Waals surface area (Å²) in [6.07, 6.45) is 9.38. The number of pyridine rings is 1. The van der Waals surface area contributed by atoms with Gasteiger partial charge in [-0.2, -0.15) is 5.26 Å². The van der Waals surface area contributed by atoms with Gasteiger partial charge in [0.1, 0.15) is 17.8 Å². The predicted octanol–water partition coefficient (Wildman–Crippen LogP) is 4.09. The molecule has 3 aliphatic rings. The number of aryl methyl sites for hydroxylation is 1. The van der Waals surface area contributed by atoms with Crippen molar-refractivity contribution in [3.05, 3.63) is 69.4 Å². The van der Waals surface area contributed by atoms with Crippen molar-refractivity contribution in [1.82, 2.24) is 55.7 Å². The fraction of sp³-hybridized carbons (Fsp3) is 0.600. The fourth-order valence-corrected chi connectivity index (χ4v) is 12.0. The van der Waals surface area contributed by atoms with Gasteiger partial charge in [-0.25, -0.2) is 8.78 Å². The van der Waals surface area contributed by atoms with Crippen molar-refractivity contribution < 1.29 is 72.0 Å². The van der Waals surface area contributed by atoms with Crippen molar-refractivity contribution in [3.8, 4) is 11.8 Å². The molecule has 1 aromatic heterocycles. The number of likely N-dealkylation sites (tertiary alicyclic amines) is 2. The van der Waals surface area contributed by atoms with Gasteiger partial charge >= 0.3 is 17.9 Å². The number of hydrogen-bond acceptors (Lipinski definition) is 17. The van der Waals surface area contributed by atoms with E-state index in [0.29, 0.717) is 113 Å². The van der Waals surface area contributed by atoms with E-state index in [9.17, 15) is 72.5 Å². The van der Waals surface area contributed by atoms with E-state index in [1.165, 1.54) is 12.3 Å². The third kappa shape index (κ3) is 27.4. The summed E-state index contributed by atoms with van der Waals surface area (Å²) < 4.78 is 35.0. The largest absolute Gasteiger partial charge is 0.494 e. The number of aliphatic carboxylic acids is 3. The average molecular weight is 1430 g/mol. The third-order valence-electron chi connectivity index (χ3n) is 16.8. The second-order valence-electron chi connectivity index (χ2n) is 24.3. The van der Waals surface area contributed by atoms with Crippen LogP contribution in [0.25, 0.3) is 10.9 Å². The van der Waals surface area contributed by atoms with E-state index >= 15 is 0 Å². The molecular formula is C65H90F2IN13O13. The number of benzene rings is 2. The SMILES string of the molecule is C/C(=N\CCCC[C@H](NC(=O)CN1CCN(CC(=O)O)CCN(CC(=O)O)CCN(CC(=O)O)CC1)C(=O)NCCCCCC(=O)N1CCC(CCCOc2ccc3nccc(C(=O)NCC(=O)N4CC(F)(F)C[C@@H]4C#N)c3c2)CC1)NC(=O)CCCc1ccc(I)cc1. The molecule has 0 bridgehead atoms. The Morgan fingerprint density at radius 2 is 1.36 bits per heavy atom. The van der Waals surface area contributed by atoms with E-state index in [2.05, 4.69) is 66.0 Å². The van der Waals surface area contributed by atoms with E-state index < -0.39 is 73.1 Å². The minimum Gasteiger partial charge on any atom is -0.494 e. The molecular weight excluding hydrogens is 1340 g/mol. The fourth-order valence-electron chi connectivity index (χ4n) is 11.7. The lowest BCUT2D eigenvalue weighted by molar-refractivity contribution is -0.140. The molecule has 0 saturated carbocycles. The zero-order valence-electron chi connectivity index (χ0n) is 53.6. The topological polar surface area (TPSA) is 340 Å². The molecule has 0 spiro atoms. The van der Waals surface area contributed by atoms with Gasteiger partial charge in [-0.05, 0) is 148 Å². The number of amides is 6. The smallest absolute Gasteiger partial charge is 0.317 e. The zero-order chi connectivity index (χ0) is 68.0. The molecule has 3 aliphatic heterocycles. The van der Waals surface area contributed by atoms with Gasteiger partial charge < -0.3 is 51.1 Å². The Morgan fingerprint density at radius 1 is 0.734 bits per heavy atom. The van der Waals surface area contributed by atoms with Crippen LogP contribution in [0.4, 0.5) is 8.78 Å². The quantitative estimate of drug-likeness (QED) is 0.0195.